The van der Waals surface area contributed by atoms with Gasteiger partial charge in [-0.05, 0) is 25.5 Å². The number of nitrogens with one attached hydrogen (secondary N) is 1. The molecule has 1 saturated heterocycles. The van der Waals surface area contributed by atoms with Crippen molar-refractivity contribution in [3.63, 3.8) is 0 Å². The lowest BCUT2D eigenvalue weighted by Gasteiger charge is -2.46. The minimum atomic E-state index is -0.657. The van der Waals surface area contributed by atoms with Crippen molar-refractivity contribution in [1.29, 1.82) is 0 Å². The molecule has 0 unspecified atom stereocenters. The average molecular weight is 373 g/mol. The first-order chi connectivity index (χ1) is 13.0. The van der Waals surface area contributed by atoms with E-state index in [1.54, 1.807) is 0 Å². The lowest BCUT2D eigenvalue weighted by molar-refractivity contribution is -0.166. The second-order valence-electron chi connectivity index (χ2n) is 7.39. The zero-order valence-electron chi connectivity index (χ0n) is 15.8. The van der Waals surface area contributed by atoms with Gasteiger partial charge in [0.05, 0.1) is 13.2 Å². The number of rotatable bonds is 5. The van der Waals surface area contributed by atoms with Crippen LogP contribution in [-0.4, -0.2) is 53.2 Å². The van der Waals surface area contributed by atoms with Crippen molar-refractivity contribution in [2.75, 3.05) is 20.1 Å². The number of imide groups is 1. The van der Waals surface area contributed by atoms with Crippen molar-refractivity contribution < 1.29 is 19.2 Å². The fourth-order valence-corrected chi connectivity index (χ4v) is 3.99. The molecule has 1 heterocycles. The van der Waals surface area contributed by atoms with Crippen LogP contribution in [0.15, 0.2) is 30.3 Å². The Bertz CT molecular complexity index is 684. The molecule has 2 aliphatic rings. The number of carbonyl (C=O) groups is 3. The van der Waals surface area contributed by atoms with Gasteiger partial charge in [0.1, 0.15) is 12.1 Å². The third kappa shape index (κ3) is 4.36. The summed E-state index contributed by atoms with van der Waals surface area (Å²) < 4.78 is 0. The van der Waals surface area contributed by atoms with Crippen molar-refractivity contribution in [3.8, 4) is 0 Å². The normalized spacial score (nSPS) is 20.6. The summed E-state index contributed by atoms with van der Waals surface area (Å²) in [6.07, 6.45) is 5.60. The summed E-state index contributed by atoms with van der Waals surface area (Å²) in [5, 5.41) is 0. The van der Waals surface area contributed by atoms with Crippen molar-refractivity contribution in [2.45, 2.75) is 50.7 Å². The Morgan fingerprint density at radius 1 is 1.11 bits per heavy atom. The average Bonchev–Trinajstić information content (AvgIpc) is 2.92. The van der Waals surface area contributed by atoms with Crippen molar-refractivity contribution in [2.24, 2.45) is 0 Å². The maximum Gasteiger partial charge on any atom is 0.263 e. The fraction of sp³-hybridized carbons (Fsp3) is 0.550. The molecule has 27 heavy (non-hydrogen) atoms. The number of carbonyl (C=O) groups excluding carboxylic acids is 3. The molecule has 0 aromatic heterocycles. The molecule has 1 saturated carbocycles. The minimum Gasteiger partial charge on any atom is -0.283 e. The Morgan fingerprint density at radius 3 is 2.44 bits per heavy atom. The number of nitrogens with zero attached hydrogens (tertiary/aromatic N) is 2. The Labute approximate surface area is 159 Å². The molecule has 1 aliphatic carbocycles. The molecule has 3 rings (SSSR count). The summed E-state index contributed by atoms with van der Waals surface area (Å²) >= 11 is 0. The van der Waals surface area contributed by atoms with E-state index in [-0.39, 0.29) is 31.5 Å². The number of piperazine rings is 1. The minimum absolute atomic E-state index is 0.157. The number of amides is 3. The number of likely N-dealkylation sites (N-methyl/N-ethyl adjacent to an activating group) is 1. The zero-order chi connectivity index (χ0) is 19.3. The molecular formula is C20H27N3O4. The molecular weight excluding hydrogens is 346 g/mol. The van der Waals surface area contributed by atoms with Crippen molar-refractivity contribution in [3.05, 3.63) is 35.9 Å². The Kier molecular flexibility index (Phi) is 6.23. The van der Waals surface area contributed by atoms with E-state index in [0.717, 1.165) is 49.0 Å². The Morgan fingerprint density at radius 2 is 1.78 bits per heavy atom. The molecule has 7 nitrogen and oxygen atoms in total. The van der Waals surface area contributed by atoms with Crippen LogP contribution in [0.1, 0.15) is 44.1 Å². The smallest absolute Gasteiger partial charge is 0.263 e. The SMILES string of the molecule is CN1CC(=O)N(CC(=O)NOCc2ccccc2)C(=O)C12CCCCCC2. The first-order valence-corrected chi connectivity index (χ1v) is 9.53. The van der Waals surface area contributed by atoms with Crippen LogP contribution in [-0.2, 0) is 25.8 Å². The van der Waals surface area contributed by atoms with Crippen molar-refractivity contribution >= 4 is 17.7 Å². The van der Waals surface area contributed by atoms with E-state index in [9.17, 15) is 14.4 Å². The molecule has 3 amide bonds. The molecule has 1 aliphatic heterocycles. The number of hydroxylamine groups is 1. The lowest BCUT2D eigenvalue weighted by atomic mass is 9.85. The summed E-state index contributed by atoms with van der Waals surface area (Å²) in [6.45, 7) is 0.0765. The van der Waals surface area contributed by atoms with Gasteiger partial charge in [0, 0.05) is 0 Å². The van der Waals surface area contributed by atoms with Gasteiger partial charge in [-0.1, -0.05) is 56.0 Å². The molecule has 0 atom stereocenters. The van der Waals surface area contributed by atoms with Crippen LogP contribution in [0.25, 0.3) is 0 Å². The van der Waals surface area contributed by atoms with Crippen LogP contribution in [0.3, 0.4) is 0 Å². The number of hydrogen-bond donors (Lipinski definition) is 1. The van der Waals surface area contributed by atoms with Gasteiger partial charge in [0.15, 0.2) is 0 Å². The molecule has 1 aromatic rings. The molecule has 1 spiro atoms. The van der Waals surface area contributed by atoms with E-state index in [1.807, 2.05) is 42.3 Å². The number of hydrogen-bond acceptors (Lipinski definition) is 5. The van der Waals surface area contributed by atoms with E-state index in [2.05, 4.69) is 5.48 Å². The second kappa shape index (κ2) is 8.63. The summed E-state index contributed by atoms with van der Waals surface area (Å²) in [5.74, 6) is -1.09. The third-order valence-electron chi connectivity index (χ3n) is 5.55. The van der Waals surface area contributed by atoms with Gasteiger partial charge in [0.25, 0.3) is 5.91 Å². The fourth-order valence-electron chi connectivity index (χ4n) is 3.99. The molecule has 0 radical (unpaired) electrons. The third-order valence-corrected chi connectivity index (χ3v) is 5.55. The molecule has 1 aromatic carbocycles. The summed E-state index contributed by atoms with van der Waals surface area (Å²) in [5.41, 5.74) is 2.60. The van der Waals surface area contributed by atoms with Crippen LogP contribution < -0.4 is 5.48 Å². The largest absolute Gasteiger partial charge is 0.283 e. The van der Waals surface area contributed by atoms with Crippen LogP contribution in [0, 0.1) is 0 Å². The van der Waals surface area contributed by atoms with Crippen LogP contribution >= 0.6 is 0 Å². The molecule has 0 bridgehead atoms. The molecule has 7 heteroatoms. The van der Waals surface area contributed by atoms with Crippen LogP contribution in [0.4, 0.5) is 0 Å². The monoisotopic (exact) mass is 373 g/mol. The van der Waals surface area contributed by atoms with Gasteiger partial charge in [0.2, 0.25) is 11.8 Å². The molecule has 2 fully saturated rings. The van der Waals surface area contributed by atoms with E-state index in [0.29, 0.717) is 0 Å². The standard InChI is InChI=1S/C20H27N3O4/c1-22-14-18(25)23(19(26)20(22)11-7-2-3-8-12-20)13-17(24)21-27-15-16-9-5-4-6-10-16/h4-6,9-10H,2-3,7-8,11-15H2,1H3,(H,21,24). The van der Waals surface area contributed by atoms with Crippen LogP contribution in [0.5, 0.6) is 0 Å². The van der Waals surface area contributed by atoms with E-state index in [1.165, 1.54) is 0 Å². The van der Waals surface area contributed by atoms with E-state index in [4.69, 9.17) is 4.84 Å². The molecule has 146 valence electrons. The predicted molar refractivity (Wildman–Crippen MR) is 99.2 cm³/mol. The highest BCUT2D eigenvalue weighted by Crippen LogP contribution is 2.35. The highest BCUT2D eigenvalue weighted by atomic mass is 16.6. The quantitative estimate of drug-likeness (QED) is 0.627. The Hall–Kier alpha value is -2.25. The number of benzene rings is 1. The topological polar surface area (TPSA) is 79.0 Å². The maximum absolute atomic E-state index is 13.1. The van der Waals surface area contributed by atoms with Crippen molar-refractivity contribution in [1.82, 2.24) is 15.3 Å². The zero-order valence-corrected chi connectivity index (χ0v) is 15.8. The van der Waals surface area contributed by atoms with Crippen LogP contribution in [0.2, 0.25) is 0 Å². The summed E-state index contributed by atoms with van der Waals surface area (Å²) in [4.78, 5) is 46.0. The second-order valence-corrected chi connectivity index (χ2v) is 7.39. The Balaban J connectivity index is 1.60. The first-order valence-electron chi connectivity index (χ1n) is 9.53. The first kappa shape index (κ1) is 19.5. The van der Waals surface area contributed by atoms with Gasteiger partial charge in [-0.3, -0.25) is 29.0 Å². The van der Waals surface area contributed by atoms with E-state index < -0.39 is 11.4 Å². The predicted octanol–water partition coefficient (Wildman–Crippen LogP) is 1.63. The summed E-state index contributed by atoms with van der Waals surface area (Å²) in [7, 11) is 1.83. The molecule has 1 N–H and O–H groups in total. The lowest BCUT2D eigenvalue weighted by Crippen LogP contribution is -2.67. The highest BCUT2D eigenvalue weighted by molar-refractivity contribution is 6.05. The maximum atomic E-state index is 13.1. The van der Waals surface area contributed by atoms with Gasteiger partial charge in [-0.15, -0.1) is 0 Å². The summed E-state index contributed by atoms with van der Waals surface area (Å²) in [6, 6.07) is 9.43. The van der Waals surface area contributed by atoms with Gasteiger partial charge in [-0.25, -0.2) is 5.48 Å². The van der Waals surface area contributed by atoms with E-state index >= 15 is 0 Å². The van der Waals surface area contributed by atoms with Gasteiger partial charge < -0.3 is 0 Å². The van der Waals surface area contributed by atoms with Gasteiger partial charge in [-0.2, -0.15) is 0 Å². The highest BCUT2D eigenvalue weighted by Gasteiger charge is 2.50. The van der Waals surface area contributed by atoms with Gasteiger partial charge >= 0.3 is 0 Å².